The van der Waals surface area contributed by atoms with Crippen LogP contribution in [0.1, 0.15) is 16.1 Å². The predicted octanol–water partition coefficient (Wildman–Crippen LogP) is 3.01. The lowest BCUT2D eigenvalue weighted by Crippen LogP contribution is -1.88. The highest BCUT2D eigenvalue weighted by Crippen LogP contribution is 2.21. The van der Waals surface area contributed by atoms with Crippen LogP contribution in [0.2, 0.25) is 5.02 Å². The topological polar surface area (TPSA) is 30.0 Å². The fourth-order valence-corrected chi connectivity index (χ4v) is 1.50. The van der Waals surface area contributed by atoms with Crippen LogP contribution in [0, 0.1) is 6.92 Å². The van der Waals surface area contributed by atoms with Gasteiger partial charge in [-0.3, -0.25) is 4.79 Å². The Kier molecular flexibility index (Phi) is 2.22. The first-order chi connectivity index (χ1) is 6.70. The molecule has 2 rings (SSSR count). The molecule has 0 fully saturated rings. The number of pyridine rings is 1. The lowest BCUT2D eigenvalue weighted by atomic mass is 10.1. The second-order valence-electron chi connectivity index (χ2n) is 3.15. The summed E-state index contributed by atoms with van der Waals surface area (Å²) in [7, 11) is 0. The largest absolute Gasteiger partial charge is 0.296 e. The van der Waals surface area contributed by atoms with Crippen molar-refractivity contribution in [3.05, 3.63) is 40.5 Å². The summed E-state index contributed by atoms with van der Waals surface area (Å²) in [6.07, 6.45) is 0.729. The van der Waals surface area contributed by atoms with E-state index in [4.69, 9.17) is 11.6 Å². The van der Waals surface area contributed by atoms with Crippen LogP contribution in [0.15, 0.2) is 24.3 Å². The van der Waals surface area contributed by atoms with Crippen LogP contribution in [-0.4, -0.2) is 11.3 Å². The van der Waals surface area contributed by atoms with Gasteiger partial charge in [-0.2, -0.15) is 0 Å². The maximum absolute atomic E-state index is 10.5. The van der Waals surface area contributed by atoms with Crippen LogP contribution < -0.4 is 0 Å². The number of halogens is 1. The Morgan fingerprint density at radius 3 is 2.86 bits per heavy atom. The van der Waals surface area contributed by atoms with E-state index in [0.29, 0.717) is 10.7 Å². The number of benzene rings is 1. The summed E-state index contributed by atoms with van der Waals surface area (Å²) < 4.78 is 0. The molecule has 70 valence electrons. The highest BCUT2D eigenvalue weighted by Gasteiger charge is 2.01. The lowest BCUT2D eigenvalue weighted by molar-refractivity contribution is 0.111. The third-order valence-corrected chi connectivity index (χ3v) is 2.52. The molecule has 0 atom stereocenters. The highest BCUT2D eigenvalue weighted by molar-refractivity contribution is 6.32. The molecule has 1 heterocycles. The zero-order chi connectivity index (χ0) is 10.1. The van der Waals surface area contributed by atoms with Crippen molar-refractivity contribution in [1.82, 2.24) is 4.98 Å². The van der Waals surface area contributed by atoms with Crippen LogP contribution >= 0.6 is 11.6 Å². The number of nitrogens with zero attached hydrogens (tertiary/aromatic N) is 1. The monoisotopic (exact) mass is 205 g/mol. The summed E-state index contributed by atoms with van der Waals surface area (Å²) in [5.74, 6) is 0. The Morgan fingerprint density at radius 2 is 2.14 bits per heavy atom. The number of hydrogen-bond acceptors (Lipinski definition) is 2. The number of hydrogen-bond donors (Lipinski definition) is 0. The summed E-state index contributed by atoms with van der Waals surface area (Å²) in [5, 5.41) is 1.67. The van der Waals surface area contributed by atoms with Crippen LogP contribution in [0.25, 0.3) is 10.9 Å². The van der Waals surface area contributed by atoms with E-state index in [1.165, 1.54) is 0 Å². The van der Waals surface area contributed by atoms with Gasteiger partial charge in [-0.05, 0) is 30.7 Å². The normalized spacial score (nSPS) is 10.4. The molecule has 0 saturated heterocycles. The van der Waals surface area contributed by atoms with Crippen molar-refractivity contribution in [2.24, 2.45) is 0 Å². The second kappa shape index (κ2) is 3.39. The van der Waals surface area contributed by atoms with Crippen LogP contribution in [0.3, 0.4) is 0 Å². The molecule has 2 nitrogen and oxygen atoms in total. The van der Waals surface area contributed by atoms with Crippen molar-refractivity contribution >= 4 is 28.8 Å². The van der Waals surface area contributed by atoms with Gasteiger partial charge < -0.3 is 0 Å². The molecule has 0 unspecified atom stereocenters. The van der Waals surface area contributed by atoms with Crippen molar-refractivity contribution in [3.8, 4) is 0 Å². The highest BCUT2D eigenvalue weighted by atomic mass is 35.5. The van der Waals surface area contributed by atoms with Crippen LogP contribution in [-0.2, 0) is 0 Å². The van der Waals surface area contributed by atoms with Crippen LogP contribution in [0.4, 0.5) is 0 Å². The van der Waals surface area contributed by atoms with Gasteiger partial charge in [0.15, 0.2) is 6.29 Å². The zero-order valence-electron chi connectivity index (χ0n) is 7.62. The minimum atomic E-state index is 0.428. The molecule has 1 aromatic carbocycles. The molecule has 0 N–H and O–H groups in total. The first-order valence-electron chi connectivity index (χ1n) is 4.23. The average Bonchev–Trinajstić information content (AvgIpc) is 2.19. The number of aromatic nitrogens is 1. The maximum atomic E-state index is 10.5. The average molecular weight is 206 g/mol. The van der Waals surface area contributed by atoms with Crippen molar-refractivity contribution in [3.63, 3.8) is 0 Å². The number of rotatable bonds is 1. The summed E-state index contributed by atoms with van der Waals surface area (Å²) in [6, 6.07) is 7.30. The molecule has 0 bridgehead atoms. The Hall–Kier alpha value is -1.41. The second-order valence-corrected chi connectivity index (χ2v) is 3.56. The third kappa shape index (κ3) is 1.49. The summed E-state index contributed by atoms with van der Waals surface area (Å²) in [4.78, 5) is 14.6. The van der Waals surface area contributed by atoms with E-state index in [0.717, 1.165) is 22.8 Å². The van der Waals surface area contributed by atoms with Crippen molar-refractivity contribution in [2.45, 2.75) is 6.92 Å². The molecule has 14 heavy (non-hydrogen) atoms. The van der Waals surface area contributed by atoms with Gasteiger partial charge in [0.05, 0.1) is 5.52 Å². The molecular weight excluding hydrogens is 198 g/mol. The van der Waals surface area contributed by atoms with Gasteiger partial charge in [0.25, 0.3) is 0 Å². The Labute approximate surface area is 86.5 Å². The van der Waals surface area contributed by atoms with Gasteiger partial charge in [0.2, 0.25) is 0 Å². The molecule has 0 amide bonds. The fraction of sp³-hybridized carbons (Fsp3) is 0.0909. The number of aldehydes is 1. The van der Waals surface area contributed by atoms with Gasteiger partial charge in [-0.25, -0.2) is 4.98 Å². The van der Waals surface area contributed by atoms with Gasteiger partial charge in [-0.1, -0.05) is 17.7 Å². The molecule has 0 aliphatic rings. The minimum absolute atomic E-state index is 0.428. The molecule has 0 aliphatic carbocycles. The molecule has 3 heteroatoms. The third-order valence-electron chi connectivity index (χ3n) is 2.11. The maximum Gasteiger partial charge on any atom is 0.168 e. The first kappa shape index (κ1) is 9.16. The van der Waals surface area contributed by atoms with E-state index in [2.05, 4.69) is 4.98 Å². The Morgan fingerprint density at radius 1 is 1.36 bits per heavy atom. The molecule has 1 aromatic heterocycles. The van der Waals surface area contributed by atoms with Gasteiger partial charge in [0.1, 0.15) is 5.69 Å². The SMILES string of the molecule is Cc1cc2ccc(C=O)nc2cc1Cl. The van der Waals surface area contributed by atoms with E-state index in [-0.39, 0.29) is 0 Å². The first-order valence-corrected chi connectivity index (χ1v) is 4.60. The molecule has 2 aromatic rings. The molecule has 0 spiro atoms. The molecule has 0 radical (unpaired) electrons. The lowest BCUT2D eigenvalue weighted by Gasteiger charge is -2.01. The van der Waals surface area contributed by atoms with E-state index in [1.54, 1.807) is 12.1 Å². The van der Waals surface area contributed by atoms with E-state index in [1.807, 2.05) is 19.1 Å². The van der Waals surface area contributed by atoms with Gasteiger partial charge in [0, 0.05) is 10.4 Å². The van der Waals surface area contributed by atoms with Crippen molar-refractivity contribution in [2.75, 3.05) is 0 Å². The van der Waals surface area contributed by atoms with Gasteiger partial charge >= 0.3 is 0 Å². The quantitative estimate of drug-likeness (QED) is 0.670. The number of carbonyl (C=O) groups is 1. The zero-order valence-corrected chi connectivity index (χ0v) is 8.38. The van der Waals surface area contributed by atoms with Crippen LogP contribution in [0.5, 0.6) is 0 Å². The van der Waals surface area contributed by atoms with Crippen molar-refractivity contribution in [1.29, 1.82) is 0 Å². The Balaban J connectivity index is 2.76. The fourth-order valence-electron chi connectivity index (χ4n) is 1.34. The molecular formula is C11H8ClNO. The van der Waals surface area contributed by atoms with Gasteiger partial charge in [-0.15, -0.1) is 0 Å². The standard InChI is InChI=1S/C11H8ClNO/c1-7-4-8-2-3-9(6-14)13-11(8)5-10(7)12/h2-6H,1H3. The minimum Gasteiger partial charge on any atom is -0.296 e. The smallest absolute Gasteiger partial charge is 0.168 e. The summed E-state index contributed by atoms with van der Waals surface area (Å²) in [5.41, 5.74) is 2.20. The number of carbonyl (C=O) groups excluding carboxylic acids is 1. The van der Waals surface area contributed by atoms with Crippen molar-refractivity contribution < 1.29 is 4.79 Å². The van der Waals surface area contributed by atoms with E-state index >= 15 is 0 Å². The number of fused-ring (bicyclic) bond motifs is 1. The Bertz CT molecular complexity index is 508. The molecule has 0 saturated carbocycles. The predicted molar refractivity (Wildman–Crippen MR) is 56.9 cm³/mol. The van der Waals surface area contributed by atoms with E-state index in [9.17, 15) is 4.79 Å². The molecule has 0 aliphatic heterocycles. The number of aryl methyl sites for hydroxylation is 1. The van der Waals surface area contributed by atoms with E-state index < -0.39 is 0 Å². The summed E-state index contributed by atoms with van der Waals surface area (Å²) in [6.45, 7) is 1.94. The summed E-state index contributed by atoms with van der Waals surface area (Å²) >= 11 is 5.95.